The minimum Gasteiger partial charge on any atom is -0.387 e. The molecule has 170 valence electrons. The van der Waals surface area contributed by atoms with Crippen LogP contribution in [0.25, 0.3) is 0 Å². The molecule has 4 aliphatic rings. The van der Waals surface area contributed by atoms with Crippen LogP contribution in [0.4, 0.5) is 0 Å². The van der Waals surface area contributed by atoms with Crippen molar-refractivity contribution in [2.75, 3.05) is 20.3 Å². The molecule has 3 unspecified atom stereocenters. The number of hydrogen-bond acceptors (Lipinski definition) is 6. The number of carbonyl (C=O) groups is 1. The smallest absolute Gasteiger partial charge is 0.159 e. The zero-order valence-corrected chi connectivity index (χ0v) is 19.1. The number of hydrazone groups is 1. The van der Waals surface area contributed by atoms with Crippen molar-refractivity contribution in [1.82, 2.24) is 5.12 Å². The van der Waals surface area contributed by atoms with Gasteiger partial charge in [-0.1, -0.05) is 6.92 Å². The van der Waals surface area contributed by atoms with Gasteiger partial charge in [-0.3, -0.25) is 4.79 Å². The lowest BCUT2D eigenvalue weighted by Crippen LogP contribution is -2.52. The number of rotatable bonds is 6. The Balaban J connectivity index is 1.45. The van der Waals surface area contributed by atoms with Crippen molar-refractivity contribution in [2.24, 2.45) is 51.9 Å². The third-order valence-electron chi connectivity index (χ3n) is 9.49. The fraction of sp³-hybridized carbons (Fsp3) is 0.917. The molecule has 6 heteroatoms. The Morgan fingerprint density at radius 1 is 1.17 bits per heavy atom. The van der Waals surface area contributed by atoms with Crippen LogP contribution in [0.5, 0.6) is 0 Å². The average Bonchev–Trinajstić information content (AvgIpc) is 3.05. The van der Waals surface area contributed by atoms with E-state index >= 15 is 0 Å². The van der Waals surface area contributed by atoms with Gasteiger partial charge < -0.3 is 9.84 Å². The van der Waals surface area contributed by atoms with Crippen LogP contribution in [-0.4, -0.2) is 48.1 Å². The van der Waals surface area contributed by atoms with Gasteiger partial charge >= 0.3 is 0 Å². The molecule has 0 saturated heterocycles. The van der Waals surface area contributed by atoms with Gasteiger partial charge in [0.1, 0.15) is 6.54 Å². The molecule has 4 aliphatic carbocycles. The van der Waals surface area contributed by atoms with E-state index in [9.17, 15) is 9.90 Å². The quantitative estimate of drug-likeness (QED) is 0.391. The molecule has 4 fully saturated rings. The number of nitrogens with two attached hydrogens (primary N) is 1. The van der Waals surface area contributed by atoms with Crippen molar-refractivity contribution in [3.8, 4) is 0 Å². The molecule has 0 radical (unpaired) electrons. The van der Waals surface area contributed by atoms with Crippen molar-refractivity contribution in [3.05, 3.63) is 0 Å². The zero-order chi connectivity index (χ0) is 21.5. The average molecular weight is 420 g/mol. The number of carbonyl (C=O) groups excluding carboxylic acids is 1. The molecule has 0 bridgehead atoms. The van der Waals surface area contributed by atoms with E-state index in [1.54, 1.807) is 13.3 Å². The number of ether oxygens (including phenoxy) is 1. The monoisotopic (exact) mass is 419 g/mol. The van der Waals surface area contributed by atoms with Gasteiger partial charge in [0.25, 0.3) is 0 Å². The molecular formula is C24H41N3O3. The van der Waals surface area contributed by atoms with Crippen molar-refractivity contribution >= 4 is 12.0 Å². The van der Waals surface area contributed by atoms with Gasteiger partial charge in [0.15, 0.2) is 5.78 Å². The highest BCUT2D eigenvalue weighted by Gasteiger charge is 2.59. The van der Waals surface area contributed by atoms with Gasteiger partial charge in [-0.05, 0) is 99.7 Å². The predicted molar refractivity (Wildman–Crippen MR) is 117 cm³/mol. The lowest BCUT2D eigenvalue weighted by atomic mass is 9.49. The van der Waals surface area contributed by atoms with E-state index in [0.717, 1.165) is 49.9 Å². The molecule has 0 aromatic rings. The second-order valence-corrected chi connectivity index (χ2v) is 10.9. The van der Waals surface area contributed by atoms with E-state index in [2.05, 4.69) is 12.0 Å². The third kappa shape index (κ3) is 3.84. The number of ketones is 1. The van der Waals surface area contributed by atoms with Crippen LogP contribution in [0.1, 0.15) is 71.6 Å². The first-order valence-corrected chi connectivity index (χ1v) is 12.1. The minimum atomic E-state index is -0.619. The number of fused-ring (bicyclic) bond motifs is 5. The summed E-state index contributed by atoms with van der Waals surface area (Å²) in [5.74, 6) is 9.83. The Kier molecular flexibility index (Phi) is 6.31. The van der Waals surface area contributed by atoms with Crippen LogP contribution in [0.2, 0.25) is 0 Å². The Labute approximate surface area is 181 Å². The maximum absolute atomic E-state index is 13.1. The van der Waals surface area contributed by atoms with E-state index in [0.29, 0.717) is 18.4 Å². The summed E-state index contributed by atoms with van der Waals surface area (Å²) in [5, 5.41) is 16.2. The van der Waals surface area contributed by atoms with Crippen LogP contribution in [0, 0.1) is 40.9 Å². The molecule has 3 N–H and O–H groups in total. The maximum Gasteiger partial charge on any atom is 0.159 e. The molecule has 4 rings (SSSR count). The van der Waals surface area contributed by atoms with Gasteiger partial charge in [-0.15, -0.1) is 0 Å². The lowest BCUT2D eigenvalue weighted by molar-refractivity contribution is -0.137. The van der Waals surface area contributed by atoms with E-state index in [4.69, 9.17) is 10.6 Å². The standard InChI is InChI=1S/C24H41N3O3/c1-4-26-27(25)14-22(28)21-8-7-20-19-6-5-16-13-24(29,15-30-3)12-10-17(16)18(19)9-11-23(20,21)2/h4,16-21,29H,5-15,25H2,1-3H3/b26-4-/t16-,17-,18?,19?,20?,21+,23-,24+/m0/s1. The Bertz CT molecular complexity index is 670. The summed E-state index contributed by atoms with van der Waals surface area (Å²) >= 11 is 0. The van der Waals surface area contributed by atoms with Gasteiger partial charge in [0, 0.05) is 19.2 Å². The molecule has 0 spiro atoms. The summed E-state index contributed by atoms with van der Waals surface area (Å²) in [6.07, 6.45) is 11.6. The molecular weight excluding hydrogens is 378 g/mol. The summed E-state index contributed by atoms with van der Waals surface area (Å²) in [6, 6.07) is 0. The minimum absolute atomic E-state index is 0.118. The SMILES string of the molecule is C/C=N\N(N)CC(=O)[C@H]1CCC2C3CC[C@H]4C[C@@](O)(COC)CC[C@@H]4C3CC[C@@]21C. The molecule has 0 amide bonds. The number of hydrazine groups is 1. The van der Waals surface area contributed by atoms with Crippen molar-refractivity contribution in [3.63, 3.8) is 0 Å². The fourth-order valence-electron chi connectivity index (χ4n) is 8.35. The molecule has 4 saturated carbocycles. The van der Waals surface area contributed by atoms with Gasteiger partial charge in [-0.2, -0.15) is 5.10 Å². The summed E-state index contributed by atoms with van der Waals surface area (Å²) in [7, 11) is 1.69. The molecule has 0 heterocycles. The largest absolute Gasteiger partial charge is 0.387 e. The molecule has 0 aromatic carbocycles. The molecule has 30 heavy (non-hydrogen) atoms. The number of nitrogens with zero attached hydrogens (tertiary/aromatic N) is 2. The van der Waals surface area contributed by atoms with E-state index in [-0.39, 0.29) is 23.7 Å². The highest BCUT2D eigenvalue weighted by molar-refractivity contribution is 5.84. The number of methoxy groups -OCH3 is 1. The lowest BCUT2D eigenvalue weighted by Gasteiger charge is -2.57. The van der Waals surface area contributed by atoms with Crippen molar-refractivity contribution in [2.45, 2.75) is 77.2 Å². The fourth-order valence-corrected chi connectivity index (χ4v) is 8.35. The summed E-state index contributed by atoms with van der Waals surface area (Å²) < 4.78 is 5.31. The molecule has 8 atom stereocenters. The van der Waals surface area contributed by atoms with Crippen LogP contribution in [0.3, 0.4) is 0 Å². The van der Waals surface area contributed by atoms with E-state index in [1.165, 1.54) is 30.8 Å². The van der Waals surface area contributed by atoms with Crippen LogP contribution < -0.4 is 5.84 Å². The predicted octanol–water partition coefficient (Wildman–Crippen LogP) is 3.38. The highest BCUT2D eigenvalue weighted by atomic mass is 16.5. The number of hydrogen-bond donors (Lipinski definition) is 2. The first kappa shape index (κ1) is 22.2. The van der Waals surface area contributed by atoms with E-state index < -0.39 is 5.60 Å². The van der Waals surface area contributed by atoms with Gasteiger partial charge in [0.05, 0.1) is 12.2 Å². The Hall–Kier alpha value is -0.980. The Morgan fingerprint density at radius 3 is 2.67 bits per heavy atom. The first-order valence-electron chi connectivity index (χ1n) is 12.1. The Morgan fingerprint density at radius 2 is 1.93 bits per heavy atom. The van der Waals surface area contributed by atoms with E-state index in [1.807, 2.05) is 6.92 Å². The summed E-state index contributed by atoms with van der Waals surface area (Å²) in [4.78, 5) is 13.1. The van der Waals surface area contributed by atoms with Crippen LogP contribution in [0.15, 0.2) is 5.10 Å². The molecule has 6 nitrogen and oxygen atoms in total. The first-order chi connectivity index (χ1) is 14.3. The highest BCUT2D eigenvalue weighted by Crippen LogP contribution is 2.64. The van der Waals surface area contributed by atoms with Gasteiger partial charge in [0.2, 0.25) is 0 Å². The summed E-state index contributed by atoms with van der Waals surface area (Å²) in [6.45, 7) is 4.89. The second-order valence-electron chi connectivity index (χ2n) is 10.9. The normalized spacial score (nSPS) is 45.6. The third-order valence-corrected chi connectivity index (χ3v) is 9.49. The van der Waals surface area contributed by atoms with Crippen LogP contribution >= 0.6 is 0 Å². The maximum atomic E-state index is 13.1. The zero-order valence-electron chi connectivity index (χ0n) is 19.1. The number of Topliss-reactive ketones (excluding diaryl/α,β-unsaturated/α-hetero) is 1. The summed E-state index contributed by atoms with van der Waals surface area (Å²) in [5.41, 5.74) is -0.501. The van der Waals surface area contributed by atoms with Crippen molar-refractivity contribution < 1.29 is 14.6 Å². The topological polar surface area (TPSA) is 88.2 Å². The molecule has 0 aliphatic heterocycles. The van der Waals surface area contributed by atoms with Crippen LogP contribution in [-0.2, 0) is 9.53 Å². The van der Waals surface area contributed by atoms with Crippen molar-refractivity contribution in [1.29, 1.82) is 0 Å². The van der Waals surface area contributed by atoms with Gasteiger partial charge in [-0.25, -0.2) is 11.0 Å². The second kappa shape index (κ2) is 8.51. The number of aliphatic hydroxyl groups is 1. The molecule has 0 aromatic heterocycles.